The van der Waals surface area contributed by atoms with Crippen LogP contribution in [0.5, 0.6) is 5.75 Å². The van der Waals surface area contributed by atoms with Crippen molar-refractivity contribution in [1.82, 2.24) is 0 Å². The molecule has 0 amide bonds. The van der Waals surface area contributed by atoms with Gasteiger partial charge in [-0.25, -0.2) is 9.59 Å². The molecule has 0 saturated carbocycles. The van der Waals surface area contributed by atoms with Gasteiger partial charge in [0, 0.05) is 31.0 Å². The van der Waals surface area contributed by atoms with E-state index in [-0.39, 0.29) is 11.3 Å². The topological polar surface area (TPSA) is 68.3 Å². The van der Waals surface area contributed by atoms with E-state index in [1.807, 2.05) is 18.2 Å². The maximum atomic E-state index is 12.5. The highest BCUT2D eigenvalue weighted by Crippen LogP contribution is 2.36. The highest BCUT2D eigenvalue weighted by molar-refractivity contribution is 6.05. The second-order valence-corrected chi connectivity index (χ2v) is 6.37. The van der Waals surface area contributed by atoms with E-state index in [0.29, 0.717) is 11.4 Å². The molecule has 1 aromatic carbocycles. The van der Waals surface area contributed by atoms with Crippen LogP contribution >= 0.6 is 0 Å². The number of hydrogen-bond donors (Lipinski definition) is 0. The first kappa shape index (κ1) is 19.5. The maximum absolute atomic E-state index is 12.5. The van der Waals surface area contributed by atoms with E-state index in [0.717, 1.165) is 31.6 Å². The lowest BCUT2D eigenvalue weighted by Gasteiger charge is -2.26. The smallest absolute Gasteiger partial charge is 0.355 e. The van der Waals surface area contributed by atoms with E-state index in [1.54, 1.807) is 30.4 Å². The lowest BCUT2D eigenvalue weighted by Crippen LogP contribution is -2.27. The Morgan fingerprint density at radius 3 is 2.32 bits per heavy atom. The number of rotatable bonds is 5. The normalized spacial score (nSPS) is 16.2. The molecule has 28 heavy (non-hydrogen) atoms. The minimum Gasteiger partial charge on any atom is -0.495 e. The van der Waals surface area contributed by atoms with E-state index < -0.39 is 11.9 Å². The lowest BCUT2D eigenvalue weighted by atomic mass is 10.1. The van der Waals surface area contributed by atoms with Crippen LogP contribution in [0.25, 0.3) is 0 Å². The summed E-state index contributed by atoms with van der Waals surface area (Å²) in [5.41, 5.74) is 1.87. The number of methoxy groups -OCH3 is 3. The molecule has 1 aromatic rings. The Bertz CT molecular complexity index is 850. The van der Waals surface area contributed by atoms with Crippen LogP contribution in [0.4, 0.5) is 11.4 Å². The van der Waals surface area contributed by atoms with Gasteiger partial charge in [-0.2, -0.15) is 0 Å². The Labute approximate surface area is 164 Å². The Morgan fingerprint density at radius 1 is 0.964 bits per heavy atom. The zero-order valence-corrected chi connectivity index (χ0v) is 16.3. The van der Waals surface area contributed by atoms with Crippen molar-refractivity contribution in [2.75, 3.05) is 44.2 Å². The van der Waals surface area contributed by atoms with Crippen molar-refractivity contribution < 1.29 is 23.8 Å². The lowest BCUT2D eigenvalue weighted by molar-refractivity contribution is -0.139. The predicted octanol–water partition coefficient (Wildman–Crippen LogP) is 2.79. The Hall–Kier alpha value is -3.22. The number of anilines is 2. The van der Waals surface area contributed by atoms with E-state index in [9.17, 15) is 9.59 Å². The Kier molecular flexibility index (Phi) is 6.03. The summed E-state index contributed by atoms with van der Waals surface area (Å²) in [6.45, 7) is 1.98. The molecule has 0 spiro atoms. The summed E-state index contributed by atoms with van der Waals surface area (Å²) in [5.74, 6) is -0.556. The molecule has 0 bridgehead atoms. The maximum Gasteiger partial charge on any atom is 0.355 e. The second-order valence-electron chi connectivity index (χ2n) is 6.37. The fourth-order valence-electron chi connectivity index (χ4n) is 3.40. The van der Waals surface area contributed by atoms with Crippen molar-refractivity contribution in [1.29, 1.82) is 0 Å². The quantitative estimate of drug-likeness (QED) is 0.723. The zero-order chi connectivity index (χ0) is 20.1. The van der Waals surface area contributed by atoms with Crippen LogP contribution in [-0.4, -0.2) is 46.4 Å². The molecule has 0 aliphatic carbocycles. The number of hydrogen-bond acceptors (Lipinski definition) is 7. The minimum atomic E-state index is -0.640. The van der Waals surface area contributed by atoms with Crippen LogP contribution in [0.2, 0.25) is 0 Å². The van der Waals surface area contributed by atoms with Gasteiger partial charge < -0.3 is 24.0 Å². The predicted molar refractivity (Wildman–Crippen MR) is 106 cm³/mol. The molecule has 1 fully saturated rings. The molecule has 1 saturated heterocycles. The fourth-order valence-corrected chi connectivity index (χ4v) is 3.40. The summed E-state index contributed by atoms with van der Waals surface area (Å²) >= 11 is 0. The van der Waals surface area contributed by atoms with Crippen LogP contribution in [0.3, 0.4) is 0 Å². The van der Waals surface area contributed by atoms with Gasteiger partial charge in [0.05, 0.1) is 32.6 Å². The van der Waals surface area contributed by atoms with Crippen molar-refractivity contribution in [3.05, 3.63) is 53.9 Å². The first-order valence-corrected chi connectivity index (χ1v) is 9.08. The SMILES string of the molecule is COC(=O)C1=C(C(=O)OC)N(c2ccc(N3CCCC3)c(OC)c2)C=CC=C1. The molecular weight excluding hydrogens is 360 g/mol. The van der Waals surface area contributed by atoms with Crippen LogP contribution in [-0.2, 0) is 19.1 Å². The van der Waals surface area contributed by atoms with E-state index in [4.69, 9.17) is 14.2 Å². The molecule has 0 radical (unpaired) electrons. The molecule has 2 aliphatic rings. The van der Waals surface area contributed by atoms with Crippen LogP contribution in [0, 0.1) is 0 Å². The monoisotopic (exact) mass is 384 g/mol. The number of nitrogens with zero attached hydrogens (tertiary/aromatic N) is 2. The molecule has 2 heterocycles. The number of benzene rings is 1. The molecule has 0 atom stereocenters. The third-order valence-electron chi connectivity index (χ3n) is 4.78. The largest absolute Gasteiger partial charge is 0.495 e. The molecule has 2 aliphatic heterocycles. The first-order chi connectivity index (χ1) is 13.6. The third kappa shape index (κ3) is 3.74. The van der Waals surface area contributed by atoms with Crippen molar-refractivity contribution in [2.45, 2.75) is 12.8 Å². The summed E-state index contributed by atoms with van der Waals surface area (Å²) in [6.07, 6.45) is 8.95. The number of allylic oxidation sites excluding steroid dienone is 2. The van der Waals surface area contributed by atoms with Crippen molar-refractivity contribution in [3.63, 3.8) is 0 Å². The molecule has 3 rings (SSSR count). The summed E-state index contributed by atoms with van der Waals surface area (Å²) in [7, 11) is 4.17. The van der Waals surface area contributed by atoms with E-state index in [1.165, 1.54) is 20.3 Å². The van der Waals surface area contributed by atoms with Gasteiger partial charge in [0.1, 0.15) is 11.4 Å². The summed E-state index contributed by atoms with van der Waals surface area (Å²) in [6, 6.07) is 5.71. The van der Waals surface area contributed by atoms with Crippen LogP contribution < -0.4 is 14.5 Å². The molecule has 0 unspecified atom stereocenters. The summed E-state index contributed by atoms with van der Waals surface area (Å²) < 4.78 is 15.4. The standard InChI is InChI=1S/C21H24N2O5/c1-26-18-14-15(9-10-17(18)22-11-6-7-12-22)23-13-5-4-8-16(20(24)27-2)19(23)21(25)28-3/h4-5,8-10,13-14H,6-7,11-12H2,1-3H3. The zero-order valence-electron chi connectivity index (χ0n) is 16.3. The van der Waals surface area contributed by atoms with Crippen LogP contribution in [0.15, 0.2) is 53.9 Å². The minimum absolute atomic E-state index is 0.0790. The van der Waals surface area contributed by atoms with Crippen LogP contribution in [0.1, 0.15) is 12.8 Å². The Balaban J connectivity index is 2.09. The van der Waals surface area contributed by atoms with E-state index in [2.05, 4.69) is 4.90 Å². The number of carbonyl (C=O) groups is 2. The van der Waals surface area contributed by atoms with Gasteiger partial charge >= 0.3 is 11.9 Å². The molecular formula is C21H24N2O5. The van der Waals surface area contributed by atoms with Crippen molar-refractivity contribution in [3.8, 4) is 5.75 Å². The molecule has 0 aromatic heterocycles. The molecule has 7 heteroatoms. The molecule has 7 nitrogen and oxygen atoms in total. The van der Waals surface area contributed by atoms with Crippen molar-refractivity contribution in [2.24, 2.45) is 0 Å². The average Bonchev–Trinajstić information content (AvgIpc) is 3.18. The van der Waals surface area contributed by atoms with Crippen molar-refractivity contribution >= 4 is 23.3 Å². The van der Waals surface area contributed by atoms with Gasteiger partial charge in [-0.15, -0.1) is 0 Å². The average molecular weight is 384 g/mol. The second kappa shape index (κ2) is 8.65. The molecule has 148 valence electrons. The summed E-state index contributed by atoms with van der Waals surface area (Å²) in [5, 5.41) is 0. The number of esters is 2. The Morgan fingerprint density at radius 2 is 1.68 bits per heavy atom. The highest BCUT2D eigenvalue weighted by atomic mass is 16.5. The van der Waals surface area contributed by atoms with Gasteiger partial charge in [0.15, 0.2) is 0 Å². The van der Waals surface area contributed by atoms with Gasteiger partial charge in [0.25, 0.3) is 0 Å². The number of carbonyl (C=O) groups excluding carboxylic acids is 2. The van der Waals surface area contributed by atoms with Gasteiger partial charge in [-0.1, -0.05) is 6.08 Å². The number of ether oxygens (including phenoxy) is 3. The highest BCUT2D eigenvalue weighted by Gasteiger charge is 2.28. The molecule has 0 N–H and O–H groups in total. The first-order valence-electron chi connectivity index (χ1n) is 9.08. The van der Waals surface area contributed by atoms with Gasteiger partial charge in [-0.05, 0) is 37.1 Å². The van der Waals surface area contributed by atoms with Gasteiger partial charge in [0.2, 0.25) is 0 Å². The third-order valence-corrected chi connectivity index (χ3v) is 4.78. The fraction of sp³-hybridized carbons (Fsp3) is 0.333. The summed E-state index contributed by atoms with van der Waals surface area (Å²) in [4.78, 5) is 28.7. The van der Waals surface area contributed by atoms with E-state index >= 15 is 0 Å². The van der Waals surface area contributed by atoms with Gasteiger partial charge in [-0.3, -0.25) is 0 Å².